The molecule has 0 radical (unpaired) electrons. The zero-order valence-corrected chi connectivity index (χ0v) is 6.73. The van der Waals surface area contributed by atoms with Gasteiger partial charge in [0.2, 0.25) is 0 Å². The van der Waals surface area contributed by atoms with Crippen molar-refractivity contribution in [2.45, 2.75) is 24.3 Å². The van der Waals surface area contributed by atoms with Crippen LogP contribution in [0.1, 0.15) is 0 Å². The highest BCUT2D eigenvalue weighted by atomic mass is 16.6. The minimum Gasteiger partial charge on any atom is -0.388 e. The Morgan fingerprint density at radius 1 is 1.45 bits per heavy atom. The average molecular weight is 160 g/mol. The molecule has 1 aliphatic heterocycles. The number of aliphatic hydroxyl groups is 2. The minimum absolute atomic E-state index is 0.301. The fraction of sp³-hybridized carbons (Fsp3) is 1.00. The first-order valence-corrected chi connectivity index (χ1v) is 3.67. The van der Waals surface area contributed by atoms with Crippen LogP contribution in [0.3, 0.4) is 0 Å². The fourth-order valence-electron chi connectivity index (χ4n) is 1.24. The molecule has 11 heavy (non-hydrogen) atoms. The van der Waals surface area contributed by atoms with Crippen LogP contribution in [0.4, 0.5) is 0 Å². The number of rotatable bonds is 2. The van der Waals surface area contributed by atoms with Gasteiger partial charge in [-0.15, -0.1) is 0 Å². The number of hydrogen-bond acceptors (Lipinski definition) is 4. The van der Waals surface area contributed by atoms with Gasteiger partial charge in [0.05, 0.1) is 12.6 Å². The SMILES string of the molecule is B[C@@H]1O[C@H](COC)C(O)[C@@H]1O. The third-order valence-electron chi connectivity index (χ3n) is 1.93. The van der Waals surface area contributed by atoms with Crippen molar-refractivity contribution in [3.63, 3.8) is 0 Å². The van der Waals surface area contributed by atoms with E-state index in [4.69, 9.17) is 9.47 Å². The maximum absolute atomic E-state index is 9.30. The van der Waals surface area contributed by atoms with E-state index in [2.05, 4.69) is 0 Å². The molecule has 0 aliphatic carbocycles. The van der Waals surface area contributed by atoms with Gasteiger partial charge in [-0.2, -0.15) is 0 Å². The van der Waals surface area contributed by atoms with Gasteiger partial charge in [-0.05, 0) is 0 Å². The first-order valence-electron chi connectivity index (χ1n) is 3.67. The summed E-state index contributed by atoms with van der Waals surface area (Å²) in [6.07, 6.45) is -1.98. The third kappa shape index (κ3) is 1.73. The minimum atomic E-state index is -0.815. The molecule has 1 heterocycles. The van der Waals surface area contributed by atoms with Crippen molar-refractivity contribution >= 4 is 7.85 Å². The lowest BCUT2D eigenvalue weighted by atomic mass is 9.93. The molecule has 5 heteroatoms. The summed E-state index contributed by atoms with van der Waals surface area (Å²) in [5.74, 6) is 0. The van der Waals surface area contributed by atoms with Crippen molar-refractivity contribution in [1.82, 2.24) is 0 Å². The molecule has 4 atom stereocenters. The van der Waals surface area contributed by atoms with Crippen molar-refractivity contribution in [1.29, 1.82) is 0 Å². The largest absolute Gasteiger partial charge is 0.388 e. The highest BCUT2D eigenvalue weighted by Gasteiger charge is 2.39. The quantitative estimate of drug-likeness (QED) is 0.446. The van der Waals surface area contributed by atoms with Gasteiger partial charge < -0.3 is 19.7 Å². The Kier molecular flexibility index (Phi) is 2.89. The molecule has 1 unspecified atom stereocenters. The Hall–Kier alpha value is -0.0951. The highest BCUT2D eigenvalue weighted by Crippen LogP contribution is 2.18. The summed E-state index contributed by atoms with van der Waals surface area (Å²) < 4.78 is 10.00. The summed E-state index contributed by atoms with van der Waals surface area (Å²) in [6, 6.07) is -0.301. The predicted molar refractivity (Wildman–Crippen MR) is 41.1 cm³/mol. The monoisotopic (exact) mass is 160 g/mol. The zero-order chi connectivity index (χ0) is 8.43. The molecule has 0 bridgehead atoms. The van der Waals surface area contributed by atoms with Crippen LogP contribution >= 0.6 is 0 Å². The van der Waals surface area contributed by atoms with Gasteiger partial charge >= 0.3 is 0 Å². The van der Waals surface area contributed by atoms with E-state index in [1.165, 1.54) is 7.11 Å². The number of ether oxygens (including phenoxy) is 2. The molecule has 0 aromatic carbocycles. The summed E-state index contributed by atoms with van der Waals surface area (Å²) in [7, 11) is 3.26. The lowest BCUT2D eigenvalue weighted by Gasteiger charge is -2.12. The standard InChI is InChI=1S/C6H13BO4/c1-10-2-3-4(8)5(9)6(7)11-3/h3-6,8-9H,2,7H2,1H3/t3-,4?,5+,6-/m1/s1. The third-order valence-corrected chi connectivity index (χ3v) is 1.93. The second kappa shape index (κ2) is 3.54. The van der Waals surface area contributed by atoms with Crippen molar-refractivity contribution < 1.29 is 19.7 Å². The molecule has 64 valence electrons. The smallest absolute Gasteiger partial charge is 0.142 e. The van der Waals surface area contributed by atoms with Crippen molar-refractivity contribution in [3.8, 4) is 0 Å². The number of aliphatic hydroxyl groups excluding tert-OH is 2. The van der Waals surface area contributed by atoms with Crippen LogP contribution in [-0.2, 0) is 9.47 Å². The molecular formula is C6H13BO4. The Morgan fingerprint density at radius 3 is 2.45 bits per heavy atom. The lowest BCUT2D eigenvalue weighted by Crippen LogP contribution is -2.34. The molecule has 1 saturated heterocycles. The average Bonchev–Trinajstić information content (AvgIpc) is 2.19. The molecule has 2 N–H and O–H groups in total. The van der Waals surface area contributed by atoms with Crippen LogP contribution in [0, 0.1) is 0 Å². The van der Waals surface area contributed by atoms with Gasteiger partial charge in [0.25, 0.3) is 0 Å². The maximum atomic E-state index is 9.30. The van der Waals surface area contributed by atoms with E-state index in [0.29, 0.717) is 6.61 Å². The Morgan fingerprint density at radius 2 is 2.09 bits per heavy atom. The van der Waals surface area contributed by atoms with E-state index in [-0.39, 0.29) is 12.1 Å². The molecule has 0 spiro atoms. The van der Waals surface area contributed by atoms with Crippen LogP contribution in [0.5, 0.6) is 0 Å². The van der Waals surface area contributed by atoms with Crippen molar-refractivity contribution in [2.75, 3.05) is 13.7 Å². The summed E-state index contributed by atoms with van der Waals surface area (Å²) >= 11 is 0. The van der Waals surface area contributed by atoms with Crippen LogP contribution in [0.15, 0.2) is 0 Å². The molecule has 0 aromatic heterocycles. The van der Waals surface area contributed by atoms with Gasteiger partial charge in [-0.1, -0.05) is 0 Å². The summed E-state index contributed by atoms with van der Waals surface area (Å²) in [4.78, 5) is 0. The van der Waals surface area contributed by atoms with Gasteiger partial charge in [0.1, 0.15) is 26.2 Å². The van der Waals surface area contributed by atoms with Gasteiger partial charge in [-0.25, -0.2) is 0 Å². The van der Waals surface area contributed by atoms with E-state index in [1.54, 1.807) is 7.85 Å². The number of hydrogen-bond donors (Lipinski definition) is 2. The number of methoxy groups -OCH3 is 1. The van der Waals surface area contributed by atoms with Gasteiger partial charge in [0, 0.05) is 7.11 Å². The van der Waals surface area contributed by atoms with Crippen LogP contribution < -0.4 is 0 Å². The second-order valence-corrected chi connectivity index (χ2v) is 2.82. The van der Waals surface area contributed by atoms with Crippen molar-refractivity contribution in [3.05, 3.63) is 0 Å². The Bertz CT molecular complexity index is 132. The van der Waals surface area contributed by atoms with Crippen LogP contribution in [-0.4, -0.2) is 56.1 Å². The maximum Gasteiger partial charge on any atom is 0.142 e. The highest BCUT2D eigenvalue weighted by molar-refractivity contribution is 6.11. The summed E-state index contributed by atoms with van der Waals surface area (Å²) in [5, 5.41) is 18.5. The Labute approximate surface area is 66.5 Å². The molecule has 1 fully saturated rings. The normalized spacial score (nSPS) is 44.6. The Balaban J connectivity index is 2.45. The van der Waals surface area contributed by atoms with E-state index in [0.717, 1.165) is 0 Å². The molecular weight excluding hydrogens is 147 g/mol. The predicted octanol–water partition coefficient (Wildman–Crippen LogP) is -2.29. The second-order valence-electron chi connectivity index (χ2n) is 2.82. The molecule has 1 rings (SSSR count). The van der Waals surface area contributed by atoms with Gasteiger partial charge in [0.15, 0.2) is 0 Å². The molecule has 0 aromatic rings. The molecule has 0 amide bonds. The van der Waals surface area contributed by atoms with Crippen LogP contribution in [0.2, 0.25) is 0 Å². The van der Waals surface area contributed by atoms with Crippen LogP contribution in [0.25, 0.3) is 0 Å². The summed E-state index contributed by atoms with van der Waals surface area (Å²) in [5.41, 5.74) is 0. The van der Waals surface area contributed by atoms with E-state index < -0.39 is 12.2 Å². The molecule has 1 aliphatic rings. The first kappa shape index (κ1) is 9.00. The lowest BCUT2D eigenvalue weighted by molar-refractivity contribution is -0.0210. The molecule has 4 nitrogen and oxygen atoms in total. The summed E-state index contributed by atoms with van der Waals surface area (Å²) in [6.45, 7) is 0.322. The van der Waals surface area contributed by atoms with E-state index >= 15 is 0 Å². The van der Waals surface area contributed by atoms with Crippen molar-refractivity contribution in [2.24, 2.45) is 0 Å². The van der Waals surface area contributed by atoms with E-state index in [1.807, 2.05) is 0 Å². The first-order chi connectivity index (χ1) is 5.16. The topological polar surface area (TPSA) is 58.9 Å². The molecule has 0 saturated carbocycles. The fourth-order valence-corrected chi connectivity index (χ4v) is 1.24. The van der Waals surface area contributed by atoms with Gasteiger partial charge in [-0.3, -0.25) is 0 Å². The zero-order valence-electron chi connectivity index (χ0n) is 6.73. The van der Waals surface area contributed by atoms with E-state index in [9.17, 15) is 10.2 Å².